The number of hydrogen-bond acceptors (Lipinski definition) is 2. The van der Waals surface area contributed by atoms with Gasteiger partial charge in [0, 0.05) is 13.0 Å². The largest absolute Gasteiger partial charge is 0.370 e. The molecule has 0 aliphatic heterocycles. The van der Waals surface area contributed by atoms with Gasteiger partial charge in [-0.1, -0.05) is 26.2 Å². The van der Waals surface area contributed by atoms with Crippen LogP contribution in [0.4, 0.5) is 0 Å². The summed E-state index contributed by atoms with van der Waals surface area (Å²) in [6.45, 7) is 4.09. The molecular formula is C12H24N2O. The molecule has 15 heavy (non-hydrogen) atoms. The molecule has 0 aromatic carbocycles. The SMILES string of the molecule is CCC1CCC(CNCCC(N)=O)CC1. The fourth-order valence-electron chi connectivity index (χ4n) is 2.36. The van der Waals surface area contributed by atoms with E-state index in [1.54, 1.807) is 0 Å². The Labute approximate surface area is 92.8 Å². The lowest BCUT2D eigenvalue weighted by Crippen LogP contribution is -2.29. The number of nitrogens with one attached hydrogen (secondary N) is 1. The first-order chi connectivity index (χ1) is 7.22. The zero-order valence-electron chi connectivity index (χ0n) is 9.80. The van der Waals surface area contributed by atoms with Crippen LogP contribution in [0.2, 0.25) is 0 Å². The Bertz CT molecular complexity index is 186. The molecule has 3 N–H and O–H groups in total. The van der Waals surface area contributed by atoms with E-state index < -0.39 is 0 Å². The molecule has 3 nitrogen and oxygen atoms in total. The van der Waals surface area contributed by atoms with Crippen molar-refractivity contribution >= 4 is 5.91 Å². The summed E-state index contributed by atoms with van der Waals surface area (Å²) in [7, 11) is 0. The average molecular weight is 212 g/mol. The first-order valence-electron chi connectivity index (χ1n) is 6.21. The van der Waals surface area contributed by atoms with Crippen molar-refractivity contribution in [2.24, 2.45) is 17.6 Å². The minimum atomic E-state index is -0.211. The molecule has 0 radical (unpaired) electrons. The number of carbonyl (C=O) groups excluding carboxylic acids is 1. The highest BCUT2D eigenvalue weighted by atomic mass is 16.1. The molecule has 3 heteroatoms. The second kappa shape index (κ2) is 6.83. The van der Waals surface area contributed by atoms with Crippen LogP contribution in [0.15, 0.2) is 0 Å². The lowest BCUT2D eigenvalue weighted by Gasteiger charge is -2.27. The van der Waals surface area contributed by atoms with Gasteiger partial charge in [-0.25, -0.2) is 0 Å². The van der Waals surface area contributed by atoms with Gasteiger partial charge in [-0.05, 0) is 31.2 Å². The molecule has 0 bridgehead atoms. The summed E-state index contributed by atoms with van der Waals surface area (Å²) >= 11 is 0. The van der Waals surface area contributed by atoms with Gasteiger partial charge in [0.25, 0.3) is 0 Å². The zero-order valence-corrected chi connectivity index (χ0v) is 9.80. The van der Waals surface area contributed by atoms with Gasteiger partial charge in [-0.3, -0.25) is 4.79 Å². The van der Waals surface area contributed by atoms with E-state index in [9.17, 15) is 4.79 Å². The van der Waals surface area contributed by atoms with Gasteiger partial charge in [0.15, 0.2) is 0 Å². The number of hydrogen-bond donors (Lipinski definition) is 2. The van der Waals surface area contributed by atoms with Crippen molar-refractivity contribution in [3.63, 3.8) is 0 Å². The van der Waals surface area contributed by atoms with Crippen molar-refractivity contribution in [3.8, 4) is 0 Å². The molecule has 0 aromatic heterocycles. The van der Waals surface area contributed by atoms with E-state index in [0.29, 0.717) is 6.42 Å². The first kappa shape index (κ1) is 12.5. The average Bonchev–Trinajstić information content (AvgIpc) is 2.25. The summed E-state index contributed by atoms with van der Waals surface area (Å²) < 4.78 is 0. The van der Waals surface area contributed by atoms with Crippen LogP contribution < -0.4 is 11.1 Å². The van der Waals surface area contributed by atoms with Crippen LogP contribution >= 0.6 is 0 Å². The summed E-state index contributed by atoms with van der Waals surface area (Å²) in [5.74, 6) is 1.57. The van der Waals surface area contributed by atoms with Gasteiger partial charge < -0.3 is 11.1 Å². The maximum atomic E-state index is 10.5. The van der Waals surface area contributed by atoms with Gasteiger partial charge >= 0.3 is 0 Å². The molecule has 88 valence electrons. The fraction of sp³-hybridized carbons (Fsp3) is 0.917. The van der Waals surface area contributed by atoms with Crippen LogP contribution in [-0.2, 0) is 4.79 Å². The van der Waals surface area contributed by atoms with Crippen molar-refractivity contribution in [2.75, 3.05) is 13.1 Å². The highest BCUT2D eigenvalue weighted by Gasteiger charge is 2.19. The standard InChI is InChI=1S/C12H24N2O/c1-2-10-3-5-11(6-4-10)9-14-8-7-12(13)15/h10-11,14H,2-9H2,1H3,(H2,13,15). The molecule has 0 heterocycles. The molecule has 1 aliphatic rings. The van der Waals surface area contributed by atoms with Crippen LogP contribution in [0.1, 0.15) is 45.4 Å². The normalized spacial score (nSPS) is 26.5. The topological polar surface area (TPSA) is 55.1 Å². The van der Waals surface area contributed by atoms with Gasteiger partial charge in [-0.15, -0.1) is 0 Å². The Balaban J connectivity index is 2.01. The first-order valence-corrected chi connectivity index (χ1v) is 6.21. The summed E-state index contributed by atoms with van der Waals surface area (Å²) in [5, 5.41) is 3.32. The Kier molecular flexibility index (Phi) is 5.69. The minimum Gasteiger partial charge on any atom is -0.370 e. The van der Waals surface area contributed by atoms with Crippen LogP contribution in [0.3, 0.4) is 0 Å². The van der Waals surface area contributed by atoms with E-state index in [2.05, 4.69) is 12.2 Å². The van der Waals surface area contributed by atoms with E-state index in [1.165, 1.54) is 32.1 Å². The Morgan fingerprint density at radius 2 is 1.87 bits per heavy atom. The van der Waals surface area contributed by atoms with Crippen molar-refractivity contribution in [1.29, 1.82) is 0 Å². The maximum absolute atomic E-state index is 10.5. The smallest absolute Gasteiger partial charge is 0.218 e. The Morgan fingerprint density at radius 3 is 2.40 bits per heavy atom. The molecule has 0 atom stereocenters. The Hall–Kier alpha value is -0.570. The second-order valence-corrected chi connectivity index (χ2v) is 4.72. The minimum absolute atomic E-state index is 0.211. The molecule has 0 aromatic rings. The van der Waals surface area contributed by atoms with E-state index in [1.807, 2.05) is 0 Å². The van der Waals surface area contributed by atoms with Crippen molar-refractivity contribution in [2.45, 2.75) is 45.4 Å². The third-order valence-electron chi connectivity index (χ3n) is 3.52. The molecule has 0 unspecified atom stereocenters. The highest BCUT2D eigenvalue weighted by molar-refractivity contribution is 5.73. The predicted octanol–water partition coefficient (Wildman–Crippen LogP) is 1.67. The van der Waals surface area contributed by atoms with Crippen molar-refractivity contribution in [3.05, 3.63) is 0 Å². The monoisotopic (exact) mass is 212 g/mol. The summed E-state index contributed by atoms with van der Waals surface area (Å²) in [5.41, 5.74) is 5.07. The van der Waals surface area contributed by atoms with Gasteiger partial charge in [0.2, 0.25) is 5.91 Å². The molecule has 1 aliphatic carbocycles. The van der Waals surface area contributed by atoms with Crippen LogP contribution in [0, 0.1) is 11.8 Å². The van der Waals surface area contributed by atoms with Crippen molar-refractivity contribution < 1.29 is 4.79 Å². The highest BCUT2D eigenvalue weighted by Crippen LogP contribution is 2.29. The Morgan fingerprint density at radius 1 is 1.27 bits per heavy atom. The molecule has 0 saturated heterocycles. The van der Waals surface area contributed by atoms with E-state index in [4.69, 9.17) is 5.73 Å². The maximum Gasteiger partial charge on any atom is 0.218 e. The third kappa shape index (κ3) is 5.17. The lowest BCUT2D eigenvalue weighted by molar-refractivity contribution is -0.117. The number of primary amides is 1. The molecular weight excluding hydrogens is 188 g/mol. The van der Waals surface area contributed by atoms with Crippen LogP contribution in [0.5, 0.6) is 0 Å². The second-order valence-electron chi connectivity index (χ2n) is 4.72. The van der Waals surface area contributed by atoms with Gasteiger partial charge in [-0.2, -0.15) is 0 Å². The van der Waals surface area contributed by atoms with Crippen molar-refractivity contribution in [1.82, 2.24) is 5.32 Å². The van der Waals surface area contributed by atoms with E-state index >= 15 is 0 Å². The molecule has 0 spiro atoms. The number of carbonyl (C=O) groups is 1. The van der Waals surface area contributed by atoms with Gasteiger partial charge in [0.05, 0.1) is 0 Å². The third-order valence-corrected chi connectivity index (χ3v) is 3.52. The molecule has 1 fully saturated rings. The fourth-order valence-corrected chi connectivity index (χ4v) is 2.36. The number of nitrogens with two attached hydrogens (primary N) is 1. The van der Waals surface area contributed by atoms with Gasteiger partial charge in [0.1, 0.15) is 0 Å². The number of rotatable bonds is 6. The predicted molar refractivity (Wildman–Crippen MR) is 62.4 cm³/mol. The lowest BCUT2D eigenvalue weighted by atomic mass is 9.81. The van der Waals surface area contributed by atoms with E-state index in [0.717, 1.165) is 24.9 Å². The van der Waals surface area contributed by atoms with E-state index in [-0.39, 0.29) is 5.91 Å². The van der Waals surface area contributed by atoms with Crippen LogP contribution in [0.25, 0.3) is 0 Å². The molecule has 1 rings (SSSR count). The van der Waals surface area contributed by atoms with Crippen LogP contribution in [-0.4, -0.2) is 19.0 Å². The quantitative estimate of drug-likeness (QED) is 0.658. The molecule has 1 saturated carbocycles. The summed E-state index contributed by atoms with van der Waals surface area (Å²) in [4.78, 5) is 10.5. The number of amides is 1. The molecule has 1 amide bonds. The summed E-state index contributed by atoms with van der Waals surface area (Å²) in [6.07, 6.45) is 7.27. The summed E-state index contributed by atoms with van der Waals surface area (Å²) in [6, 6.07) is 0. The zero-order chi connectivity index (χ0) is 11.1.